The largest absolute Gasteiger partial charge is 0.348 e. The lowest BCUT2D eigenvalue weighted by molar-refractivity contribution is 0.0951. The summed E-state index contributed by atoms with van der Waals surface area (Å²) in [4.78, 5) is 19.3. The molecule has 8 nitrogen and oxygen atoms in total. The van der Waals surface area contributed by atoms with Crippen molar-refractivity contribution in [2.24, 2.45) is 0 Å². The summed E-state index contributed by atoms with van der Waals surface area (Å²) in [5.74, 6) is -0.112. The molecule has 1 amide bonds. The molecule has 39 heavy (non-hydrogen) atoms. The minimum Gasteiger partial charge on any atom is -0.348 e. The van der Waals surface area contributed by atoms with Crippen LogP contribution in [0.1, 0.15) is 32.6 Å². The van der Waals surface area contributed by atoms with E-state index in [9.17, 15) is 13.2 Å². The van der Waals surface area contributed by atoms with Crippen LogP contribution in [-0.4, -0.2) is 59.3 Å². The Morgan fingerprint density at radius 1 is 0.821 bits per heavy atom. The third-order valence-corrected chi connectivity index (χ3v) is 8.93. The van der Waals surface area contributed by atoms with E-state index in [2.05, 4.69) is 27.3 Å². The molecule has 1 saturated heterocycles. The van der Waals surface area contributed by atoms with Gasteiger partial charge in [-0.25, -0.2) is 13.4 Å². The van der Waals surface area contributed by atoms with Crippen LogP contribution >= 0.6 is 0 Å². The topological polar surface area (TPSA) is 87.5 Å². The zero-order valence-electron chi connectivity index (χ0n) is 22.0. The van der Waals surface area contributed by atoms with Gasteiger partial charge < -0.3 is 9.88 Å². The number of benzene rings is 3. The zero-order valence-corrected chi connectivity index (χ0v) is 22.8. The standard InChI is InChI=1S/C30H33N5O3S/c1-24-2-12-29(13-3-24)39(37,38)35-18-16-33(17-19-35)21-27-8-10-28(11-9-27)30(36)32-20-25-4-6-26(7-5-25)22-34-15-14-31-23-34/h2-15,23H,16-22H2,1H3,(H,32,36). The number of rotatable bonds is 9. The fourth-order valence-electron chi connectivity index (χ4n) is 4.65. The molecule has 1 fully saturated rings. The minimum atomic E-state index is -3.47. The number of hydrogen-bond acceptors (Lipinski definition) is 5. The quantitative estimate of drug-likeness (QED) is 0.348. The van der Waals surface area contributed by atoms with E-state index in [1.807, 2.05) is 66.2 Å². The molecule has 2 heterocycles. The van der Waals surface area contributed by atoms with Crippen molar-refractivity contribution < 1.29 is 13.2 Å². The van der Waals surface area contributed by atoms with E-state index in [4.69, 9.17) is 0 Å². The fraction of sp³-hybridized carbons (Fsp3) is 0.267. The molecule has 0 bridgehead atoms. The monoisotopic (exact) mass is 543 g/mol. The summed E-state index contributed by atoms with van der Waals surface area (Å²) in [7, 11) is -3.47. The van der Waals surface area contributed by atoms with Gasteiger partial charge in [0.15, 0.2) is 0 Å². The first kappa shape index (κ1) is 26.8. The Labute approximate surface area is 230 Å². The third-order valence-electron chi connectivity index (χ3n) is 7.01. The number of nitrogens with zero attached hydrogens (tertiary/aromatic N) is 4. The summed E-state index contributed by atoms with van der Waals surface area (Å²) in [5, 5.41) is 2.99. The first-order valence-electron chi connectivity index (χ1n) is 13.1. The number of carbonyl (C=O) groups is 1. The number of carbonyl (C=O) groups excluding carboxylic acids is 1. The number of nitrogens with one attached hydrogen (secondary N) is 1. The van der Waals surface area contributed by atoms with Crippen LogP contribution < -0.4 is 5.32 Å². The lowest BCUT2D eigenvalue weighted by Crippen LogP contribution is -2.48. The predicted molar refractivity (Wildman–Crippen MR) is 151 cm³/mol. The second kappa shape index (κ2) is 11.9. The smallest absolute Gasteiger partial charge is 0.251 e. The summed E-state index contributed by atoms with van der Waals surface area (Å²) in [6, 6.07) is 22.8. The van der Waals surface area contributed by atoms with Gasteiger partial charge in [-0.05, 0) is 47.9 Å². The molecule has 3 aromatic carbocycles. The van der Waals surface area contributed by atoms with Gasteiger partial charge in [0.2, 0.25) is 10.0 Å². The molecule has 0 unspecified atom stereocenters. The van der Waals surface area contributed by atoms with E-state index in [-0.39, 0.29) is 5.91 Å². The van der Waals surface area contributed by atoms with Gasteiger partial charge in [0.05, 0.1) is 11.2 Å². The Hall–Kier alpha value is -3.79. The molecule has 1 N–H and O–H groups in total. The normalized spacial score (nSPS) is 14.8. The van der Waals surface area contributed by atoms with Crippen LogP contribution in [0.5, 0.6) is 0 Å². The lowest BCUT2D eigenvalue weighted by Gasteiger charge is -2.34. The van der Waals surface area contributed by atoms with Crippen molar-refractivity contribution in [3.05, 3.63) is 119 Å². The van der Waals surface area contributed by atoms with Crippen LogP contribution in [0.25, 0.3) is 0 Å². The predicted octanol–water partition coefficient (Wildman–Crippen LogP) is 3.68. The highest BCUT2D eigenvalue weighted by atomic mass is 32.2. The van der Waals surface area contributed by atoms with E-state index in [0.717, 1.165) is 23.2 Å². The lowest BCUT2D eigenvalue weighted by atomic mass is 10.1. The number of piperazine rings is 1. The van der Waals surface area contributed by atoms with Crippen LogP contribution in [0.4, 0.5) is 0 Å². The molecule has 4 aromatic rings. The maximum absolute atomic E-state index is 12.9. The highest BCUT2D eigenvalue weighted by Crippen LogP contribution is 2.19. The number of imidazole rings is 1. The second-order valence-electron chi connectivity index (χ2n) is 9.92. The van der Waals surface area contributed by atoms with Crippen LogP contribution in [0.3, 0.4) is 0 Å². The molecule has 0 saturated carbocycles. The summed E-state index contributed by atoms with van der Waals surface area (Å²) in [6.07, 6.45) is 5.49. The van der Waals surface area contributed by atoms with Crippen LogP contribution in [-0.2, 0) is 29.7 Å². The Bertz CT molecular complexity index is 1480. The van der Waals surface area contributed by atoms with Crippen molar-refractivity contribution in [3.8, 4) is 0 Å². The molecular weight excluding hydrogens is 510 g/mol. The van der Waals surface area contributed by atoms with E-state index in [1.54, 1.807) is 29.0 Å². The number of amides is 1. The summed E-state index contributed by atoms with van der Waals surface area (Å²) in [6.45, 7) is 6.12. The summed E-state index contributed by atoms with van der Waals surface area (Å²) < 4.78 is 29.5. The molecule has 0 aliphatic carbocycles. The van der Waals surface area contributed by atoms with Gasteiger partial charge in [0.25, 0.3) is 5.91 Å². The fourth-order valence-corrected chi connectivity index (χ4v) is 6.07. The van der Waals surface area contributed by atoms with Crippen molar-refractivity contribution in [1.29, 1.82) is 0 Å². The van der Waals surface area contributed by atoms with E-state index < -0.39 is 10.0 Å². The van der Waals surface area contributed by atoms with Gasteiger partial charge in [0, 0.05) is 63.8 Å². The average Bonchev–Trinajstić information content (AvgIpc) is 3.47. The molecular formula is C30H33N5O3S. The molecule has 9 heteroatoms. The van der Waals surface area contributed by atoms with Gasteiger partial charge in [-0.3, -0.25) is 9.69 Å². The molecule has 1 aliphatic rings. The number of hydrogen-bond donors (Lipinski definition) is 1. The van der Waals surface area contributed by atoms with Gasteiger partial charge >= 0.3 is 0 Å². The number of aryl methyl sites for hydroxylation is 1. The Balaban J connectivity index is 1.08. The first-order chi connectivity index (χ1) is 18.9. The number of sulfonamides is 1. The first-order valence-corrected chi connectivity index (χ1v) is 14.5. The minimum absolute atomic E-state index is 0.112. The van der Waals surface area contributed by atoms with Crippen molar-refractivity contribution >= 4 is 15.9 Å². The van der Waals surface area contributed by atoms with Gasteiger partial charge in [-0.2, -0.15) is 4.31 Å². The molecule has 5 rings (SSSR count). The molecule has 1 aliphatic heterocycles. The van der Waals surface area contributed by atoms with Crippen molar-refractivity contribution in [2.75, 3.05) is 26.2 Å². The van der Waals surface area contributed by atoms with Crippen molar-refractivity contribution in [3.63, 3.8) is 0 Å². The SMILES string of the molecule is Cc1ccc(S(=O)(=O)N2CCN(Cc3ccc(C(=O)NCc4ccc(Cn5ccnc5)cc4)cc3)CC2)cc1. The van der Waals surface area contributed by atoms with Gasteiger partial charge in [0.1, 0.15) is 0 Å². The van der Waals surface area contributed by atoms with Crippen LogP contribution in [0.15, 0.2) is 96.4 Å². The Morgan fingerprint density at radius 3 is 2.08 bits per heavy atom. The van der Waals surface area contributed by atoms with E-state index in [0.29, 0.717) is 49.7 Å². The number of aromatic nitrogens is 2. The van der Waals surface area contributed by atoms with E-state index >= 15 is 0 Å². The van der Waals surface area contributed by atoms with Crippen LogP contribution in [0, 0.1) is 6.92 Å². The molecule has 0 radical (unpaired) electrons. The zero-order chi connectivity index (χ0) is 27.2. The molecule has 202 valence electrons. The Kier molecular flexibility index (Phi) is 8.21. The van der Waals surface area contributed by atoms with Gasteiger partial charge in [-0.15, -0.1) is 0 Å². The maximum Gasteiger partial charge on any atom is 0.251 e. The van der Waals surface area contributed by atoms with Gasteiger partial charge in [-0.1, -0.05) is 54.1 Å². The molecule has 0 atom stereocenters. The van der Waals surface area contributed by atoms with Crippen molar-refractivity contribution in [2.45, 2.75) is 31.5 Å². The van der Waals surface area contributed by atoms with Crippen molar-refractivity contribution in [1.82, 2.24) is 24.1 Å². The highest BCUT2D eigenvalue weighted by molar-refractivity contribution is 7.89. The van der Waals surface area contributed by atoms with E-state index in [1.165, 1.54) is 5.56 Å². The maximum atomic E-state index is 12.9. The summed E-state index contributed by atoms with van der Waals surface area (Å²) in [5.41, 5.74) is 4.96. The molecule has 1 aromatic heterocycles. The highest BCUT2D eigenvalue weighted by Gasteiger charge is 2.28. The Morgan fingerprint density at radius 2 is 1.44 bits per heavy atom. The average molecular weight is 544 g/mol. The second-order valence-corrected chi connectivity index (χ2v) is 11.9. The summed E-state index contributed by atoms with van der Waals surface area (Å²) >= 11 is 0. The van der Waals surface area contributed by atoms with Crippen LogP contribution in [0.2, 0.25) is 0 Å². The third kappa shape index (κ3) is 6.81. The molecule has 0 spiro atoms.